The van der Waals surface area contributed by atoms with Gasteiger partial charge < -0.3 is 0 Å². The summed E-state index contributed by atoms with van der Waals surface area (Å²) in [4.78, 5) is 4.30. The second-order valence-electron chi connectivity index (χ2n) is 5.17. The minimum Gasteiger partial charge on any atom is -0.246 e. The van der Waals surface area contributed by atoms with Crippen LogP contribution in [0.4, 0.5) is 13.2 Å². The molecule has 118 valence electrons. The molecule has 3 rings (SSSR count). The highest BCUT2D eigenvalue weighted by atomic mass is 35.5. The van der Waals surface area contributed by atoms with Crippen molar-refractivity contribution in [3.8, 4) is 11.3 Å². The molecule has 0 saturated carbocycles. The third kappa shape index (κ3) is 3.01. The van der Waals surface area contributed by atoms with Gasteiger partial charge in [-0.25, -0.2) is 4.98 Å². The number of hydrogen-bond donors (Lipinski definition) is 0. The molecular weight excluding hydrogens is 346 g/mol. The molecule has 0 spiro atoms. The van der Waals surface area contributed by atoms with Gasteiger partial charge in [-0.3, -0.25) is 0 Å². The summed E-state index contributed by atoms with van der Waals surface area (Å²) < 4.78 is 40.5. The summed E-state index contributed by atoms with van der Waals surface area (Å²) in [7, 11) is 0. The fourth-order valence-corrected chi connectivity index (χ4v) is 2.92. The average Bonchev–Trinajstić information content (AvgIpc) is 2.46. The highest BCUT2D eigenvalue weighted by Crippen LogP contribution is 2.43. The standard InChI is InChI=1S/C17H10Cl2F3N/c1-9-2-4-10(5-3-9)16-15(19)14(17(20,21)22)12-8-11(18)6-7-13(12)23-16/h2-8H,1H3. The topological polar surface area (TPSA) is 12.9 Å². The number of alkyl halides is 3. The molecule has 1 nitrogen and oxygen atoms in total. The van der Waals surface area contributed by atoms with Crippen LogP contribution in [0.15, 0.2) is 42.5 Å². The van der Waals surface area contributed by atoms with Crippen molar-refractivity contribution < 1.29 is 13.2 Å². The van der Waals surface area contributed by atoms with Gasteiger partial charge in [-0.2, -0.15) is 13.2 Å². The number of benzene rings is 2. The summed E-state index contributed by atoms with van der Waals surface area (Å²) in [5.41, 5.74) is 0.911. The lowest BCUT2D eigenvalue weighted by Crippen LogP contribution is -2.09. The Morgan fingerprint density at radius 1 is 0.957 bits per heavy atom. The molecule has 2 aromatic carbocycles. The molecule has 1 heterocycles. The highest BCUT2D eigenvalue weighted by molar-refractivity contribution is 6.35. The lowest BCUT2D eigenvalue weighted by atomic mass is 10.0. The Labute approximate surface area is 140 Å². The third-order valence-electron chi connectivity index (χ3n) is 3.50. The van der Waals surface area contributed by atoms with Gasteiger partial charge in [0.1, 0.15) is 0 Å². The van der Waals surface area contributed by atoms with Crippen molar-refractivity contribution in [3.05, 3.63) is 63.6 Å². The van der Waals surface area contributed by atoms with Crippen LogP contribution >= 0.6 is 23.2 Å². The minimum atomic E-state index is -4.61. The van der Waals surface area contributed by atoms with E-state index < -0.39 is 16.8 Å². The van der Waals surface area contributed by atoms with E-state index in [0.717, 1.165) is 5.56 Å². The minimum absolute atomic E-state index is 0.105. The number of halogens is 5. The van der Waals surface area contributed by atoms with Crippen LogP contribution in [-0.4, -0.2) is 4.98 Å². The molecule has 1 aromatic heterocycles. The van der Waals surface area contributed by atoms with Crippen LogP contribution < -0.4 is 0 Å². The summed E-state index contributed by atoms with van der Waals surface area (Å²) in [6.45, 7) is 1.89. The number of aromatic nitrogens is 1. The van der Waals surface area contributed by atoms with Crippen molar-refractivity contribution in [3.63, 3.8) is 0 Å². The van der Waals surface area contributed by atoms with E-state index in [4.69, 9.17) is 23.2 Å². The number of fused-ring (bicyclic) bond motifs is 1. The summed E-state index contributed by atoms with van der Waals surface area (Å²) in [6, 6.07) is 11.2. The largest absolute Gasteiger partial charge is 0.418 e. The van der Waals surface area contributed by atoms with Gasteiger partial charge in [0, 0.05) is 16.0 Å². The van der Waals surface area contributed by atoms with Gasteiger partial charge in [-0.05, 0) is 25.1 Å². The fraction of sp³-hybridized carbons (Fsp3) is 0.118. The smallest absolute Gasteiger partial charge is 0.246 e. The van der Waals surface area contributed by atoms with Crippen molar-refractivity contribution in [1.82, 2.24) is 4.98 Å². The second kappa shape index (κ2) is 5.69. The summed E-state index contributed by atoms with van der Waals surface area (Å²) >= 11 is 11.9. The molecule has 0 aliphatic heterocycles. The second-order valence-corrected chi connectivity index (χ2v) is 5.99. The number of pyridine rings is 1. The Hall–Kier alpha value is -1.78. The van der Waals surface area contributed by atoms with Gasteiger partial charge in [-0.1, -0.05) is 53.0 Å². The molecule has 0 amide bonds. The molecule has 6 heteroatoms. The zero-order valence-electron chi connectivity index (χ0n) is 11.9. The normalized spacial score (nSPS) is 11.9. The number of nitrogens with zero attached hydrogens (tertiary/aromatic N) is 1. The quantitative estimate of drug-likeness (QED) is 0.483. The highest BCUT2D eigenvalue weighted by Gasteiger charge is 2.37. The van der Waals surface area contributed by atoms with E-state index in [0.29, 0.717) is 5.56 Å². The maximum Gasteiger partial charge on any atom is 0.418 e. The summed E-state index contributed by atoms with van der Waals surface area (Å²) in [5, 5.41) is -0.328. The van der Waals surface area contributed by atoms with Crippen LogP contribution in [0.1, 0.15) is 11.1 Å². The predicted molar refractivity (Wildman–Crippen MR) is 86.9 cm³/mol. The molecule has 0 unspecified atom stereocenters. The molecule has 0 aliphatic rings. The SMILES string of the molecule is Cc1ccc(-c2nc3ccc(Cl)cc3c(C(F)(F)F)c2Cl)cc1. The molecule has 0 saturated heterocycles. The zero-order chi connectivity index (χ0) is 16.8. The molecule has 0 aliphatic carbocycles. The van der Waals surface area contributed by atoms with E-state index in [1.165, 1.54) is 18.2 Å². The Kier molecular flexibility index (Phi) is 3.98. The van der Waals surface area contributed by atoms with Gasteiger partial charge >= 0.3 is 6.18 Å². The van der Waals surface area contributed by atoms with Gasteiger partial charge in [0.2, 0.25) is 0 Å². The first kappa shape index (κ1) is 16.1. The van der Waals surface area contributed by atoms with Gasteiger partial charge in [0.15, 0.2) is 0 Å². The Balaban J connectivity index is 2.39. The average molecular weight is 356 g/mol. The lowest BCUT2D eigenvalue weighted by Gasteiger charge is -2.16. The molecule has 23 heavy (non-hydrogen) atoms. The Bertz CT molecular complexity index is 887. The number of rotatable bonds is 1. The van der Waals surface area contributed by atoms with E-state index >= 15 is 0 Å². The van der Waals surface area contributed by atoms with Crippen molar-refractivity contribution in [1.29, 1.82) is 0 Å². The van der Waals surface area contributed by atoms with Crippen molar-refractivity contribution in [2.45, 2.75) is 13.1 Å². The van der Waals surface area contributed by atoms with Crippen molar-refractivity contribution in [2.75, 3.05) is 0 Å². The van der Waals surface area contributed by atoms with Crippen LogP contribution in [0.3, 0.4) is 0 Å². The molecule has 0 atom stereocenters. The van der Waals surface area contributed by atoms with Gasteiger partial charge in [-0.15, -0.1) is 0 Å². The van der Waals surface area contributed by atoms with E-state index in [9.17, 15) is 13.2 Å². The third-order valence-corrected chi connectivity index (χ3v) is 4.10. The first-order valence-corrected chi connectivity index (χ1v) is 7.46. The van der Waals surface area contributed by atoms with Crippen molar-refractivity contribution in [2.24, 2.45) is 0 Å². The Morgan fingerprint density at radius 3 is 2.22 bits per heavy atom. The van der Waals surface area contributed by atoms with Gasteiger partial charge in [0.05, 0.1) is 21.8 Å². The van der Waals surface area contributed by atoms with E-state index in [2.05, 4.69) is 4.98 Å². The molecular formula is C17H10Cl2F3N. The van der Waals surface area contributed by atoms with E-state index in [-0.39, 0.29) is 21.6 Å². The van der Waals surface area contributed by atoms with Crippen LogP contribution in [0, 0.1) is 6.92 Å². The molecule has 0 bridgehead atoms. The summed E-state index contributed by atoms with van der Waals surface area (Å²) in [6.07, 6.45) is -4.61. The number of aryl methyl sites for hydroxylation is 1. The maximum atomic E-state index is 13.5. The van der Waals surface area contributed by atoms with Crippen LogP contribution in [0.25, 0.3) is 22.2 Å². The lowest BCUT2D eigenvalue weighted by molar-refractivity contribution is -0.136. The molecule has 3 aromatic rings. The molecule has 0 fully saturated rings. The number of hydrogen-bond acceptors (Lipinski definition) is 1. The van der Waals surface area contributed by atoms with Crippen LogP contribution in [-0.2, 0) is 6.18 Å². The summed E-state index contributed by atoms with van der Waals surface area (Å²) in [5.74, 6) is 0. The van der Waals surface area contributed by atoms with E-state index in [1.807, 2.05) is 6.92 Å². The van der Waals surface area contributed by atoms with Gasteiger partial charge in [0.25, 0.3) is 0 Å². The Morgan fingerprint density at radius 2 is 1.61 bits per heavy atom. The van der Waals surface area contributed by atoms with Crippen LogP contribution in [0.2, 0.25) is 10.0 Å². The fourth-order valence-electron chi connectivity index (χ4n) is 2.39. The predicted octanol–water partition coefficient (Wildman–Crippen LogP) is 6.54. The van der Waals surface area contributed by atoms with Crippen LogP contribution in [0.5, 0.6) is 0 Å². The first-order chi connectivity index (χ1) is 10.8. The maximum absolute atomic E-state index is 13.5. The van der Waals surface area contributed by atoms with Crippen molar-refractivity contribution >= 4 is 34.1 Å². The van der Waals surface area contributed by atoms with E-state index in [1.54, 1.807) is 24.3 Å². The zero-order valence-corrected chi connectivity index (χ0v) is 13.4. The molecule has 0 N–H and O–H groups in total. The molecule has 0 radical (unpaired) electrons. The monoisotopic (exact) mass is 355 g/mol. The first-order valence-electron chi connectivity index (χ1n) is 6.70.